The van der Waals surface area contributed by atoms with Crippen LogP contribution in [0.1, 0.15) is 6.42 Å². The standard InChI is InChI=1S/C7H12O7/c8-2-4(10)7(14)6(13)3(9)1-5(11)12/h3-4,7-10,14H,1-2H2,(H,11,12)/t3?,4-,7-/m1/s1. The first kappa shape index (κ1) is 13.0. The van der Waals surface area contributed by atoms with Gasteiger partial charge in [-0.2, -0.15) is 0 Å². The van der Waals surface area contributed by atoms with Gasteiger partial charge in [0.25, 0.3) is 0 Å². The number of hydrogen-bond acceptors (Lipinski definition) is 6. The Labute approximate surface area is 79.2 Å². The molecule has 0 spiro atoms. The number of aliphatic hydroxyl groups is 4. The second-order valence-electron chi connectivity index (χ2n) is 2.71. The molecule has 0 saturated carbocycles. The summed E-state index contributed by atoms with van der Waals surface area (Å²) in [7, 11) is 0. The molecule has 0 radical (unpaired) electrons. The number of Topliss-reactive ketones (excluding diaryl/α,β-unsaturated/α-hetero) is 1. The van der Waals surface area contributed by atoms with Crippen LogP contribution in [0.3, 0.4) is 0 Å². The maximum absolute atomic E-state index is 10.9. The third kappa shape index (κ3) is 3.79. The number of carbonyl (C=O) groups is 2. The third-order valence-electron chi connectivity index (χ3n) is 1.54. The van der Waals surface area contributed by atoms with E-state index in [9.17, 15) is 9.59 Å². The summed E-state index contributed by atoms with van der Waals surface area (Å²) in [6.45, 7) is -0.854. The van der Waals surface area contributed by atoms with Crippen LogP contribution >= 0.6 is 0 Å². The number of carbonyl (C=O) groups excluding carboxylic acids is 1. The van der Waals surface area contributed by atoms with Crippen molar-refractivity contribution in [2.45, 2.75) is 24.7 Å². The molecule has 3 atom stereocenters. The van der Waals surface area contributed by atoms with Gasteiger partial charge >= 0.3 is 5.97 Å². The van der Waals surface area contributed by atoms with Gasteiger partial charge in [-0.1, -0.05) is 0 Å². The van der Waals surface area contributed by atoms with Crippen molar-refractivity contribution in [1.82, 2.24) is 0 Å². The first-order valence-corrected chi connectivity index (χ1v) is 3.80. The fraction of sp³-hybridized carbons (Fsp3) is 0.714. The van der Waals surface area contributed by atoms with Crippen molar-refractivity contribution in [3.63, 3.8) is 0 Å². The predicted molar refractivity (Wildman–Crippen MR) is 42.4 cm³/mol. The van der Waals surface area contributed by atoms with Gasteiger partial charge in [0.2, 0.25) is 0 Å². The van der Waals surface area contributed by atoms with Gasteiger partial charge in [0.05, 0.1) is 13.0 Å². The quantitative estimate of drug-likeness (QED) is 0.316. The van der Waals surface area contributed by atoms with Crippen LogP contribution in [0.5, 0.6) is 0 Å². The van der Waals surface area contributed by atoms with Gasteiger partial charge < -0.3 is 25.5 Å². The van der Waals surface area contributed by atoms with Gasteiger partial charge in [0.1, 0.15) is 18.3 Å². The highest BCUT2D eigenvalue weighted by atomic mass is 16.4. The molecule has 0 rings (SSSR count). The minimum atomic E-state index is -1.98. The first-order valence-electron chi connectivity index (χ1n) is 3.80. The lowest BCUT2D eigenvalue weighted by Crippen LogP contribution is -2.42. The number of hydrogen-bond donors (Lipinski definition) is 5. The Hall–Kier alpha value is -1.02. The highest BCUT2D eigenvalue weighted by Gasteiger charge is 2.30. The van der Waals surface area contributed by atoms with E-state index in [4.69, 9.17) is 25.5 Å². The van der Waals surface area contributed by atoms with Crippen molar-refractivity contribution in [2.75, 3.05) is 6.61 Å². The van der Waals surface area contributed by atoms with Crippen LogP contribution in [0.2, 0.25) is 0 Å². The normalized spacial score (nSPS) is 17.1. The van der Waals surface area contributed by atoms with Gasteiger partial charge in [-0.05, 0) is 0 Å². The Morgan fingerprint density at radius 1 is 1.14 bits per heavy atom. The second-order valence-corrected chi connectivity index (χ2v) is 2.71. The number of carboxylic acids is 1. The smallest absolute Gasteiger partial charge is 0.306 e. The molecular weight excluding hydrogens is 196 g/mol. The van der Waals surface area contributed by atoms with Gasteiger partial charge in [-0.3, -0.25) is 9.59 Å². The molecule has 0 aliphatic rings. The molecule has 7 heteroatoms. The number of aliphatic carboxylic acids is 1. The maximum atomic E-state index is 10.9. The van der Waals surface area contributed by atoms with E-state index in [0.717, 1.165) is 0 Å². The summed E-state index contributed by atoms with van der Waals surface area (Å²) in [5.41, 5.74) is 0. The Bertz CT molecular complexity index is 214. The van der Waals surface area contributed by atoms with Crippen molar-refractivity contribution >= 4 is 11.8 Å². The van der Waals surface area contributed by atoms with Gasteiger partial charge in [0.15, 0.2) is 5.78 Å². The summed E-state index contributed by atoms with van der Waals surface area (Å²) >= 11 is 0. The maximum Gasteiger partial charge on any atom is 0.306 e. The van der Waals surface area contributed by atoms with Crippen LogP contribution in [-0.2, 0) is 9.59 Å². The topological polar surface area (TPSA) is 135 Å². The average molecular weight is 208 g/mol. The molecule has 82 valence electrons. The van der Waals surface area contributed by atoms with Crippen LogP contribution in [-0.4, -0.2) is 62.2 Å². The summed E-state index contributed by atoms with van der Waals surface area (Å²) in [6, 6.07) is 0. The zero-order valence-electron chi connectivity index (χ0n) is 7.20. The Balaban J connectivity index is 4.23. The van der Waals surface area contributed by atoms with E-state index in [1.165, 1.54) is 0 Å². The van der Waals surface area contributed by atoms with Crippen LogP contribution in [0.25, 0.3) is 0 Å². The van der Waals surface area contributed by atoms with Crippen molar-refractivity contribution < 1.29 is 35.1 Å². The van der Waals surface area contributed by atoms with Crippen LogP contribution < -0.4 is 0 Å². The lowest BCUT2D eigenvalue weighted by Gasteiger charge is -2.16. The molecule has 0 aromatic carbocycles. The summed E-state index contributed by atoms with van der Waals surface area (Å²) in [4.78, 5) is 21.0. The molecule has 0 aromatic rings. The van der Waals surface area contributed by atoms with E-state index in [0.29, 0.717) is 0 Å². The van der Waals surface area contributed by atoms with Crippen molar-refractivity contribution in [3.8, 4) is 0 Å². The second kappa shape index (κ2) is 5.66. The molecule has 0 fully saturated rings. The summed E-state index contributed by atoms with van der Waals surface area (Å²) < 4.78 is 0. The average Bonchev–Trinajstić information content (AvgIpc) is 2.13. The zero-order valence-corrected chi connectivity index (χ0v) is 7.20. The van der Waals surface area contributed by atoms with E-state index in [1.54, 1.807) is 0 Å². The van der Waals surface area contributed by atoms with E-state index in [1.807, 2.05) is 0 Å². The number of rotatable bonds is 6. The lowest BCUT2D eigenvalue weighted by atomic mass is 10.0. The van der Waals surface area contributed by atoms with Crippen LogP contribution in [0.15, 0.2) is 0 Å². The van der Waals surface area contributed by atoms with Gasteiger partial charge in [-0.25, -0.2) is 0 Å². The van der Waals surface area contributed by atoms with Gasteiger partial charge in [0, 0.05) is 0 Å². The van der Waals surface area contributed by atoms with Crippen LogP contribution in [0.4, 0.5) is 0 Å². The molecule has 1 unspecified atom stereocenters. The van der Waals surface area contributed by atoms with Crippen molar-refractivity contribution in [1.29, 1.82) is 0 Å². The fourth-order valence-corrected chi connectivity index (χ4v) is 0.753. The van der Waals surface area contributed by atoms with Crippen molar-refractivity contribution in [3.05, 3.63) is 0 Å². The van der Waals surface area contributed by atoms with E-state index >= 15 is 0 Å². The number of ketones is 1. The minimum absolute atomic E-state index is 0.853. The van der Waals surface area contributed by atoms with E-state index < -0.39 is 43.1 Å². The number of carboxylic acid groups (broad SMARTS) is 1. The Morgan fingerprint density at radius 3 is 2.00 bits per heavy atom. The molecular formula is C7H12O7. The Morgan fingerprint density at radius 2 is 1.64 bits per heavy atom. The molecule has 0 heterocycles. The van der Waals surface area contributed by atoms with Gasteiger partial charge in [-0.15, -0.1) is 0 Å². The molecule has 0 aliphatic carbocycles. The Kier molecular flexibility index (Phi) is 5.24. The molecule has 0 saturated heterocycles. The lowest BCUT2D eigenvalue weighted by molar-refractivity contribution is -0.150. The summed E-state index contributed by atoms with van der Waals surface area (Å²) in [6.07, 6.45) is -6.43. The largest absolute Gasteiger partial charge is 0.481 e. The van der Waals surface area contributed by atoms with E-state index in [2.05, 4.69) is 0 Å². The molecule has 0 aromatic heterocycles. The molecule has 14 heavy (non-hydrogen) atoms. The third-order valence-corrected chi connectivity index (χ3v) is 1.54. The molecule has 0 aliphatic heterocycles. The van der Waals surface area contributed by atoms with Crippen molar-refractivity contribution in [2.24, 2.45) is 0 Å². The molecule has 7 nitrogen and oxygen atoms in total. The molecule has 0 amide bonds. The predicted octanol–water partition coefficient (Wildman–Crippen LogP) is -2.89. The fourth-order valence-electron chi connectivity index (χ4n) is 0.753. The zero-order chi connectivity index (χ0) is 11.3. The van der Waals surface area contributed by atoms with Crippen LogP contribution in [0, 0.1) is 0 Å². The number of aliphatic hydroxyl groups excluding tert-OH is 4. The molecule has 0 bridgehead atoms. The minimum Gasteiger partial charge on any atom is -0.481 e. The summed E-state index contributed by atoms with van der Waals surface area (Å²) in [5.74, 6) is -2.63. The first-order chi connectivity index (χ1) is 6.40. The highest BCUT2D eigenvalue weighted by molar-refractivity contribution is 5.90. The summed E-state index contributed by atoms with van der Waals surface area (Å²) in [5, 5.41) is 43.2. The molecule has 5 N–H and O–H groups in total. The monoisotopic (exact) mass is 208 g/mol. The SMILES string of the molecule is O=C(O)CC(O)C(=O)[C@H](O)[C@H](O)CO. The highest BCUT2D eigenvalue weighted by Crippen LogP contribution is 2.02. The van der Waals surface area contributed by atoms with E-state index in [-0.39, 0.29) is 0 Å².